The zero-order valence-corrected chi connectivity index (χ0v) is 54.3. The molecule has 0 saturated carbocycles. The minimum atomic E-state index is -1.06. The summed E-state index contributed by atoms with van der Waals surface area (Å²) in [6.45, 7) is 26.2. The van der Waals surface area contributed by atoms with Gasteiger partial charge < -0.3 is 81.9 Å². The van der Waals surface area contributed by atoms with Gasteiger partial charge in [0.25, 0.3) is 0 Å². The number of hydroxylamine groups is 3. The average molecular weight is 1310 g/mol. The number of nitrogens with one attached hydrogen (secondary N) is 3. The number of benzene rings is 3. The Morgan fingerprint density at radius 1 is 0.341 bits per heavy atom. The van der Waals surface area contributed by atoms with Crippen molar-refractivity contribution in [3.63, 3.8) is 0 Å². The molecule has 0 bridgehead atoms. The van der Waals surface area contributed by atoms with E-state index in [1.807, 2.05) is 89.8 Å². The van der Waals surface area contributed by atoms with E-state index in [1.165, 1.54) is 0 Å². The highest BCUT2D eigenvalue weighted by molar-refractivity contribution is 6.61. The molecule has 0 saturated heterocycles. The van der Waals surface area contributed by atoms with Crippen LogP contribution in [0, 0.1) is 0 Å². The van der Waals surface area contributed by atoms with Crippen molar-refractivity contribution in [1.82, 2.24) is 16.4 Å². The summed E-state index contributed by atoms with van der Waals surface area (Å²) in [4.78, 5) is 120. The molecule has 32 heteroatoms. The monoisotopic (exact) mass is 1300 g/mol. The van der Waals surface area contributed by atoms with Gasteiger partial charge in [0.1, 0.15) is 42.2 Å². The first-order chi connectivity index (χ1) is 41.0. The van der Waals surface area contributed by atoms with Gasteiger partial charge in [-0.3, -0.25) is 0 Å². The van der Waals surface area contributed by atoms with Crippen LogP contribution in [0.1, 0.15) is 121 Å². The molecule has 3 rings (SSSR count). The van der Waals surface area contributed by atoms with E-state index in [-0.39, 0.29) is 33.0 Å². The molecule has 88 heavy (non-hydrogen) atoms. The topological polar surface area (TPSA) is 397 Å². The maximum absolute atomic E-state index is 11.3. The van der Waals surface area contributed by atoms with Crippen molar-refractivity contribution in [2.45, 2.75) is 146 Å². The Morgan fingerprint density at radius 2 is 0.614 bits per heavy atom. The van der Waals surface area contributed by atoms with Gasteiger partial charge in [-0.1, -0.05) is 91.0 Å². The molecule has 0 fully saturated rings. The van der Waals surface area contributed by atoms with Gasteiger partial charge in [-0.2, -0.15) is 0 Å². The van der Waals surface area contributed by atoms with Gasteiger partial charge in [-0.05, 0) is 121 Å². The maximum atomic E-state index is 11.3. The number of hydrogen-bond donors (Lipinski definition) is 6. The minimum absolute atomic E-state index is 0.0560. The fourth-order valence-electron chi connectivity index (χ4n) is 4.06. The van der Waals surface area contributed by atoms with Crippen LogP contribution < -0.4 is 16.4 Å². The smallest absolute Gasteiger partial charge is 0.454 e. The Bertz CT molecular complexity index is 2220. The van der Waals surface area contributed by atoms with Crippen LogP contribution >= 0.6 is 23.2 Å². The Balaban J connectivity index is -0.000000232. The summed E-state index contributed by atoms with van der Waals surface area (Å²) in [6.07, 6.45) is -7.64. The number of amides is 3. The minimum Gasteiger partial charge on any atom is -0.454 e. The number of hydrogen-bond acceptors (Lipinski definition) is 27. The molecular formula is C56H87Cl2N3O27. The summed E-state index contributed by atoms with van der Waals surface area (Å²) in [7, 11) is 3.00. The number of carbonyl (C=O) groups excluding carboxylic acids is 10. The van der Waals surface area contributed by atoms with Crippen molar-refractivity contribution in [2.75, 3.05) is 41.2 Å². The van der Waals surface area contributed by atoms with Crippen LogP contribution in [0.25, 0.3) is 0 Å². The van der Waals surface area contributed by atoms with E-state index < -0.39 is 82.3 Å². The van der Waals surface area contributed by atoms with Crippen LogP contribution in [0.3, 0.4) is 0 Å². The predicted molar refractivity (Wildman–Crippen MR) is 316 cm³/mol. The highest BCUT2D eigenvalue weighted by atomic mass is 35.5. The first-order valence-corrected chi connectivity index (χ1v) is 26.4. The average Bonchev–Trinajstić information content (AvgIpc) is 3.64. The number of carbonyl (C=O) groups is 10. The standard InChI is InChI=1S/C16H15NO5.C10H19NO5.C10H18O5.C8H7ClO2.C6H11NO5.C3H5ClO2.3CH4O/c18-15(20-11-13-7-3-1-4-8-13)17-22-16(19)21-12-14-9-5-2-6-10-14;1-9(2,3)14-7(12)11-16-8(13)15-10(4,5)6;1-9(2,3)14-7(11)13-8(12)15-10(4,5)6;9-8(10)11-6-7-4-2-1-3-5-7;1-3-10-5(8)7-12-6(9)11-4-2;1-2-6-3(4)5;3*1-2/h1-10H,11-12H2,(H,17,18);1-6H3,(H,11,12);1-6H3;1-5H,6H2;3-4H2,1-2H3,(H,7,8);2H2,1H3;3*2H,1H3. The molecule has 0 atom stereocenters. The van der Waals surface area contributed by atoms with Crippen molar-refractivity contribution in [3.8, 4) is 0 Å². The molecule has 502 valence electrons. The van der Waals surface area contributed by atoms with Crippen molar-refractivity contribution in [3.05, 3.63) is 108 Å². The van der Waals surface area contributed by atoms with Crippen LogP contribution in [0.4, 0.5) is 47.9 Å². The number of ether oxygens (including phenoxy) is 11. The summed E-state index contributed by atoms with van der Waals surface area (Å²) >= 11 is 9.68. The van der Waals surface area contributed by atoms with E-state index in [0.29, 0.717) is 6.61 Å². The SMILES string of the molecule is CC(C)(C)OC(=O)NOC(=O)OC(C)(C)C.CC(C)(C)OC(=O)OC(=O)OC(C)(C)C.CCOC(=O)Cl.CCOC(=O)NOC(=O)OCC.CO.CO.CO.O=C(Cl)OCc1ccccc1.O=C(NOC(=O)OCc1ccccc1)OCc1ccccc1. The zero-order chi connectivity index (χ0) is 69.4. The Morgan fingerprint density at radius 3 is 0.920 bits per heavy atom. The molecule has 3 amide bonds. The molecule has 0 aliphatic carbocycles. The highest BCUT2D eigenvalue weighted by Crippen LogP contribution is 2.13. The van der Waals surface area contributed by atoms with E-state index in [0.717, 1.165) is 38.0 Å². The molecule has 3 aromatic rings. The lowest BCUT2D eigenvalue weighted by molar-refractivity contribution is -0.0404. The van der Waals surface area contributed by atoms with E-state index >= 15 is 0 Å². The fourth-order valence-corrected chi connectivity index (χ4v) is 4.23. The summed E-state index contributed by atoms with van der Waals surface area (Å²) in [6, 6.07) is 27.6. The number of halogens is 2. The summed E-state index contributed by atoms with van der Waals surface area (Å²) < 4.78 is 50.5. The normalized spacial score (nSPS) is 9.58. The first-order valence-electron chi connectivity index (χ1n) is 25.6. The number of rotatable bonds is 9. The van der Waals surface area contributed by atoms with Gasteiger partial charge in [-0.25, -0.2) is 47.9 Å². The second-order valence-electron chi connectivity index (χ2n) is 18.8. The van der Waals surface area contributed by atoms with E-state index in [9.17, 15) is 47.9 Å². The first kappa shape index (κ1) is 90.6. The zero-order valence-electron chi connectivity index (χ0n) is 52.8. The summed E-state index contributed by atoms with van der Waals surface area (Å²) in [5, 5.41) is 21.0. The molecule has 0 spiro atoms. The van der Waals surface area contributed by atoms with Gasteiger partial charge in [0.05, 0.1) is 19.8 Å². The summed E-state index contributed by atoms with van der Waals surface area (Å²) in [5.41, 5.74) is 3.75. The third-order valence-electron chi connectivity index (χ3n) is 6.79. The van der Waals surface area contributed by atoms with Crippen LogP contribution in [-0.2, 0) is 86.4 Å². The molecule has 0 unspecified atom stereocenters. The summed E-state index contributed by atoms with van der Waals surface area (Å²) in [5.74, 6) is 0. The van der Waals surface area contributed by atoms with Crippen molar-refractivity contribution in [1.29, 1.82) is 0 Å². The lowest BCUT2D eigenvalue weighted by Crippen LogP contribution is -2.35. The third-order valence-corrected chi connectivity index (χ3v) is 7.01. The third kappa shape index (κ3) is 73.5. The molecule has 0 radical (unpaired) electrons. The molecular weight excluding hydrogens is 1220 g/mol. The molecule has 6 N–H and O–H groups in total. The Kier molecular flexibility index (Phi) is 56.7. The van der Waals surface area contributed by atoms with Gasteiger partial charge in [0.15, 0.2) is 0 Å². The van der Waals surface area contributed by atoms with E-state index in [4.69, 9.17) is 66.9 Å². The van der Waals surface area contributed by atoms with E-state index in [2.05, 4.69) is 38.2 Å². The van der Waals surface area contributed by atoms with Crippen molar-refractivity contribution < 1.29 is 130 Å². The lowest BCUT2D eigenvalue weighted by Gasteiger charge is -2.20. The largest absolute Gasteiger partial charge is 0.533 e. The van der Waals surface area contributed by atoms with Gasteiger partial charge >= 0.3 is 59.9 Å². The molecule has 0 aromatic heterocycles. The maximum Gasteiger partial charge on any atom is 0.533 e. The Hall–Kier alpha value is -8.58. The van der Waals surface area contributed by atoms with Crippen molar-refractivity contribution >= 4 is 83.1 Å². The van der Waals surface area contributed by atoms with Gasteiger partial charge in [-0.15, -0.1) is 16.4 Å². The van der Waals surface area contributed by atoms with Gasteiger partial charge in [0, 0.05) is 44.5 Å². The quantitative estimate of drug-likeness (QED) is 0.0381. The lowest BCUT2D eigenvalue weighted by atomic mass is 10.2. The second-order valence-corrected chi connectivity index (χ2v) is 19.4. The number of aliphatic hydroxyl groups is 3. The fraction of sp³-hybridized carbons (Fsp3) is 0.500. The second kappa shape index (κ2) is 55.0. The van der Waals surface area contributed by atoms with Crippen LogP contribution in [0.2, 0.25) is 0 Å². The van der Waals surface area contributed by atoms with Gasteiger partial charge in [0.2, 0.25) is 0 Å². The van der Waals surface area contributed by atoms with Crippen molar-refractivity contribution in [2.24, 2.45) is 0 Å². The molecule has 0 heterocycles. The molecule has 0 aliphatic rings. The van der Waals surface area contributed by atoms with Crippen LogP contribution in [0.5, 0.6) is 0 Å². The highest BCUT2D eigenvalue weighted by Gasteiger charge is 2.25. The van der Waals surface area contributed by atoms with Crippen LogP contribution in [-0.4, -0.2) is 139 Å². The molecule has 3 aromatic carbocycles. The molecule has 30 nitrogen and oxygen atoms in total. The predicted octanol–water partition coefficient (Wildman–Crippen LogP) is 12.0. The van der Waals surface area contributed by atoms with E-state index in [1.54, 1.807) is 121 Å². The number of aliphatic hydroxyl groups excluding tert-OH is 3. The molecule has 0 aliphatic heterocycles. The Labute approximate surface area is 522 Å². The van der Waals surface area contributed by atoms with Crippen LogP contribution in [0.15, 0.2) is 91.0 Å².